The maximum Gasteiger partial charge on any atom is 0.234 e. The van der Waals surface area contributed by atoms with E-state index in [4.69, 9.17) is 0 Å². The zero-order valence-electron chi connectivity index (χ0n) is 13.9. The van der Waals surface area contributed by atoms with Crippen LogP contribution in [0.1, 0.15) is 24.1 Å². The van der Waals surface area contributed by atoms with Crippen LogP contribution in [0.5, 0.6) is 0 Å². The molecule has 124 valence electrons. The molecule has 3 aromatic rings. The largest absolute Gasteiger partial charge is 0.361 e. The summed E-state index contributed by atoms with van der Waals surface area (Å²) < 4.78 is 0. The summed E-state index contributed by atoms with van der Waals surface area (Å²) in [6, 6.07) is 18.3. The minimum Gasteiger partial charge on any atom is -0.361 e. The van der Waals surface area contributed by atoms with Crippen LogP contribution in [0.2, 0.25) is 0 Å². The van der Waals surface area contributed by atoms with E-state index in [1.165, 1.54) is 10.9 Å². The van der Waals surface area contributed by atoms with Crippen molar-refractivity contribution >= 4 is 16.8 Å². The Morgan fingerprint density at radius 2 is 1.83 bits per heavy atom. The van der Waals surface area contributed by atoms with Crippen molar-refractivity contribution in [2.24, 2.45) is 0 Å². The van der Waals surface area contributed by atoms with Gasteiger partial charge in [0.2, 0.25) is 5.91 Å². The number of aromatic nitrogens is 1. The van der Waals surface area contributed by atoms with Crippen LogP contribution in [-0.2, 0) is 11.2 Å². The lowest BCUT2D eigenvalue weighted by atomic mass is 10.1. The van der Waals surface area contributed by atoms with E-state index in [1.807, 2.05) is 55.6 Å². The fourth-order valence-electron chi connectivity index (χ4n) is 2.88. The quantitative estimate of drug-likeness (QED) is 0.585. The minimum atomic E-state index is 0.0188. The third kappa shape index (κ3) is 4.03. The average molecular weight is 321 g/mol. The first-order valence-electron chi connectivity index (χ1n) is 8.34. The van der Waals surface area contributed by atoms with Crippen molar-refractivity contribution < 1.29 is 4.79 Å². The first kappa shape index (κ1) is 16.3. The lowest BCUT2D eigenvalue weighted by Gasteiger charge is -2.14. The first-order chi connectivity index (χ1) is 11.7. The number of fused-ring (bicyclic) bond motifs is 1. The number of benzene rings is 2. The van der Waals surface area contributed by atoms with Gasteiger partial charge in [0.15, 0.2) is 0 Å². The van der Waals surface area contributed by atoms with Gasteiger partial charge in [-0.1, -0.05) is 48.5 Å². The Bertz CT molecular complexity index is 795. The van der Waals surface area contributed by atoms with Crippen LogP contribution in [0.3, 0.4) is 0 Å². The summed E-state index contributed by atoms with van der Waals surface area (Å²) >= 11 is 0. The van der Waals surface area contributed by atoms with Gasteiger partial charge in [-0.05, 0) is 37.1 Å². The van der Waals surface area contributed by atoms with Gasteiger partial charge >= 0.3 is 0 Å². The fraction of sp³-hybridized carbons (Fsp3) is 0.250. The molecule has 0 spiro atoms. The van der Waals surface area contributed by atoms with E-state index >= 15 is 0 Å². The predicted octanol–water partition coefficient (Wildman–Crippen LogP) is 3.18. The zero-order valence-corrected chi connectivity index (χ0v) is 13.9. The number of carbonyl (C=O) groups is 1. The highest BCUT2D eigenvalue weighted by atomic mass is 16.1. The summed E-state index contributed by atoms with van der Waals surface area (Å²) in [4.78, 5) is 15.3. The standard InChI is InChI=1S/C20H23N3O/c1-15(16-7-3-2-4-8-16)23-20(24)14-21-12-11-17-13-22-19-10-6-5-9-18(17)19/h2-10,13,15,21-22H,11-12,14H2,1H3,(H,23,24). The third-order valence-electron chi connectivity index (χ3n) is 4.21. The molecule has 0 aliphatic carbocycles. The fourth-order valence-corrected chi connectivity index (χ4v) is 2.88. The van der Waals surface area contributed by atoms with Crippen molar-refractivity contribution in [1.29, 1.82) is 0 Å². The molecule has 0 aliphatic heterocycles. The summed E-state index contributed by atoms with van der Waals surface area (Å²) in [6.45, 7) is 3.10. The van der Waals surface area contributed by atoms with Crippen molar-refractivity contribution in [1.82, 2.24) is 15.6 Å². The molecule has 3 N–H and O–H groups in total. The Morgan fingerprint density at radius 3 is 2.67 bits per heavy atom. The lowest BCUT2D eigenvalue weighted by Crippen LogP contribution is -2.36. The minimum absolute atomic E-state index is 0.0188. The number of amides is 1. The molecule has 1 heterocycles. The maximum absolute atomic E-state index is 12.0. The highest BCUT2D eigenvalue weighted by molar-refractivity contribution is 5.83. The van der Waals surface area contributed by atoms with Gasteiger partial charge in [0.1, 0.15) is 0 Å². The molecule has 1 atom stereocenters. The molecule has 1 unspecified atom stereocenters. The maximum atomic E-state index is 12.0. The van der Waals surface area contributed by atoms with E-state index < -0.39 is 0 Å². The second-order valence-electron chi connectivity index (χ2n) is 5.99. The van der Waals surface area contributed by atoms with Gasteiger partial charge in [-0.15, -0.1) is 0 Å². The van der Waals surface area contributed by atoms with Crippen molar-refractivity contribution in [3.05, 3.63) is 71.9 Å². The number of carbonyl (C=O) groups excluding carboxylic acids is 1. The number of hydrogen-bond donors (Lipinski definition) is 3. The summed E-state index contributed by atoms with van der Waals surface area (Å²) in [6.07, 6.45) is 2.94. The Balaban J connectivity index is 1.42. The average Bonchev–Trinajstić information content (AvgIpc) is 3.03. The highest BCUT2D eigenvalue weighted by Crippen LogP contribution is 2.17. The molecule has 2 aromatic carbocycles. The molecular weight excluding hydrogens is 298 g/mol. The summed E-state index contributed by atoms with van der Waals surface area (Å²) in [5, 5.41) is 7.48. The molecule has 0 fully saturated rings. The molecule has 0 saturated heterocycles. The van der Waals surface area contributed by atoms with E-state index in [1.54, 1.807) is 0 Å². The predicted molar refractivity (Wildman–Crippen MR) is 97.9 cm³/mol. The summed E-state index contributed by atoms with van der Waals surface area (Å²) in [5.74, 6) is 0.0188. The van der Waals surface area contributed by atoms with E-state index in [9.17, 15) is 4.79 Å². The van der Waals surface area contributed by atoms with Gasteiger partial charge in [-0.25, -0.2) is 0 Å². The van der Waals surface area contributed by atoms with E-state index in [0.29, 0.717) is 6.54 Å². The van der Waals surface area contributed by atoms with Gasteiger partial charge in [0, 0.05) is 17.1 Å². The Kier molecular flexibility index (Phi) is 5.29. The Labute approximate surface area is 142 Å². The summed E-state index contributed by atoms with van der Waals surface area (Å²) in [7, 11) is 0. The highest BCUT2D eigenvalue weighted by Gasteiger charge is 2.09. The number of H-pyrrole nitrogens is 1. The Morgan fingerprint density at radius 1 is 1.08 bits per heavy atom. The Hall–Kier alpha value is -2.59. The molecule has 1 amide bonds. The van der Waals surface area contributed by atoms with E-state index in [2.05, 4.69) is 27.8 Å². The monoisotopic (exact) mass is 321 g/mol. The van der Waals surface area contributed by atoms with Crippen LogP contribution >= 0.6 is 0 Å². The van der Waals surface area contributed by atoms with Crippen LogP contribution in [0.25, 0.3) is 10.9 Å². The molecular formula is C20H23N3O. The van der Waals surface area contributed by atoms with Crippen molar-refractivity contribution in [3.8, 4) is 0 Å². The van der Waals surface area contributed by atoms with Crippen molar-refractivity contribution in [3.63, 3.8) is 0 Å². The molecule has 4 heteroatoms. The second-order valence-corrected chi connectivity index (χ2v) is 5.99. The molecule has 24 heavy (non-hydrogen) atoms. The van der Waals surface area contributed by atoms with Crippen molar-refractivity contribution in [2.45, 2.75) is 19.4 Å². The topological polar surface area (TPSA) is 56.9 Å². The molecule has 4 nitrogen and oxygen atoms in total. The normalized spacial score (nSPS) is 12.2. The SMILES string of the molecule is CC(NC(=O)CNCCc1c[nH]c2ccccc12)c1ccccc1. The van der Waals surface area contributed by atoms with E-state index in [-0.39, 0.29) is 11.9 Å². The van der Waals surface area contributed by atoms with Crippen LogP contribution in [0.4, 0.5) is 0 Å². The zero-order chi connectivity index (χ0) is 16.8. The molecule has 0 saturated carbocycles. The van der Waals surface area contributed by atoms with Crippen LogP contribution in [-0.4, -0.2) is 24.0 Å². The molecule has 0 radical (unpaired) electrons. The van der Waals surface area contributed by atoms with E-state index in [0.717, 1.165) is 24.0 Å². The molecule has 3 rings (SSSR count). The smallest absolute Gasteiger partial charge is 0.234 e. The first-order valence-corrected chi connectivity index (χ1v) is 8.34. The van der Waals surface area contributed by atoms with Gasteiger partial charge < -0.3 is 15.6 Å². The number of rotatable bonds is 7. The number of nitrogens with one attached hydrogen (secondary N) is 3. The second kappa shape index (κ2) is 7.79. The van der Waals surface area contributed by atoms with Gasteiger partial charge in [0.05, 0.1) is 12.6 Å². The molecule has 1 aromatic heterocycles. The third-order valence-corrected chi connectivity index (χ3v) is 4.21. The van der Waals surface area contributed by atoms with Gasteiger partial charge in [-0.2, -0.15) is 0 Å². The molecule has 0 aliphatic rings. The number of hydrogen-bond acceptors (Lipinski definition) is 2. The van der Waals surface area contributed by atoms with Crippen LogP contribution in [0.15, 0.2) is 60.8 Å². The summed E-state index contributed by atoms with van der Waals surface area (Å²) in [5.41, 5.74) is 3.54. The van der Waals surface area contributed by atoms with Crippen LogP contribution in [0, 0.1) is 0 Å². The van der Waals surface area contributed by atoms with Crippen LogP contribution < -0.4 is 10.6 Å². The van der Waals surface area contributed by atoms with Crippen molar-refractivity contribution in [2.75, 3.05) is 13.1 Å². The lowest BCUT2D eigenvalue weighted by molar-refractivity contribution is -0.120. The van der Waals surface area contributed by atoms with Gasteiger partial charge in [0.25, 0.3) is 0 Å². The molecule has 0 bridgehead atoms. The number of aromatic amines is 1. The van der Waals surface area contributed by atoms with Gasteiger partial charge in [-0.3, -0.25) is 4.79 Å². The number of para-hydroxylation sites is 1.